The molecule has 2 N–H and O–H groups in total. The topological polar surface area (TPSA) is 85.2 Å². The first-order valence-corrected chi connectivity index (χ1v) is 5.29. The number of carbonyl (C=O) groups excluding carboxylic acids is 2. The van der Waals surface area contributed by atoms with Crippen LogP contribution in [0.4, 0.5) is 4.79 Å². The number of rotatable bonds is 2. The number of imide groups is 1. The molecule has 88 valence electrons. The third-order valence-electron chi connectivity index (χ3n) is 2.62. The molecule has 0 saturated carbocycles. The number of nitriles is 1. The van der Waals surface area contributed by atoms with Crippen LogP contribution >= 0.6 is 0 Å². The highest BCUT2D eigenvalue weighted by Gasteiger charge is 2.20. The maximum atomic E-state index is 11.4. The van der Waals surface area contributed by atoms with E-state index in [4.69, 9.17) is 5.26 Å². The van der Waals surface area contributed by atoms with Crippen molar-refractivity contribution in [2.75, 3.05) is 26.7 Å². The second kappa shape index (κ2) is 6.08. The number of piperidine rings is 1. The molecule has 0 radical (unpaired) electrons. The van der Waals surface area contributed by atoms with E-state index in [0.29, 0.717) is 0 Å². The van der Waals surface area contributed by atoms with Crippen LogP contribution in [0.5, 0.6) is 0 Å². The van der Waals surface area contributed by atoms with E-state index >= 15 is 0 Å². The Kier molecular flexibility index (Phi) is 4.73. The molecule has 0 aliphatic carbocycles. The zero-order chi connectivity index (χ0) is 12.0. The van der Waals surface area contributed by atoms with Crippen LogP contribution in [0.2, 0.25) is 0 Å². The highest BCUT2D eigenvalue weighted by molar-refractivity contribution is 5.95. The third kappa shape index (κ3) is 3.87. The molecular weight excluding hydrogens is 208 g/mol. The summed E-state index contributed by atoms with van der Waals surface area (Å²) in [7, 11) is 1.46. The molecule has 16 heavy (non-hydrogen) atoms. The van der Waals surface area contributed by atoms with Gasteiger partial charge in [0.1, 0.15) is 0 Å². The fraction of sp³-hybridized carbons (Fsp3) is 0.700. The average molecular weight is 224 g/mol. The second-order valence-corrected chi connectivity index (χ2v) is 3.81. The van der Waals surface area contributed by atoms with Gasteiger partial charge in [-0.05, 0) is 25.9 Å². The van der Waals surface area contributed by atoms with Crippen molar-refractivity contribution in [3.8, 4) is 6.07 Å². The standard InChI is InChI=1S/C10H16N4O2/c1-12-10(16)13-9(15)7-14-4-2-8(6-11)3-5-14/h8H,2-5,7H2,1H3,(H2,12,13,15,16). The van der Waals surface area contributed by atoms with Gasteiger partial charge in [-0.25, -0.2) is 4.79 Å². The number of amides is 3. The van der Waals surface area contributed by atoms with Gasteiger partial charge in [0.25, 0.3) is 0 Å². The zero-order valence-electron chi connectivity index (χ0n) is 9.32. The van der Waals surface area contributed by atoms with E-state index in [-0.39, 0.29) is 18.4 Å². The highest BCUT2D eigenvalue weighted by Crippen LogP contribution is 2.15. The van der Waals surface area contributed by atoms with Crippen LogP contribution in [-0.2, 0) is 4.79 Å². The number of nitrogens with one attached hydrogen (secondary N) is 2. The van der Waals surface area contributed by atoms with Gasteiger partial charge < -0.3 is 5.32 Å². The number of hydrogen-bond donors (Lipinski definition) is 2. The van der Waals surface area contributed by atoms with Gasteiger partial charge in [-0.3, -0.25) is 15.0 Å². The molecule has 0 unspecified atom stereocenters. The molecule has 6 nitrogen and oxygen atoms in total. The van der Waals surface area contributed by atoms with Crippen molar-refractivity contribution in [1.82, 2.24) is 15.5 Å². The lowest BCUT2D eigenvalue weighted by atomic mass is 9.99. The van der Waals surface area contributed by atoms with E-state index < -0.39 is 6.03 Å². The van der Waals surface area contributed by atoms with Crippen molar-refractivity contribution >= 4 is 11.9 Å². The fourth-order valence-electron chi connectivity index (χ4n) is 1.65. The number of nitrogens with zero attached hydrogens (tertiary/aromatic N) is 2. The number of carbonyl (C=O) groups is 2. The summed E-state index contributed by atoms with van der Waals surface area (Å²) >= 11 is 0. The Hall–Kier alpha value is -1.61. The van der Waals surface area contributed by atoms with Crippen LogP contribution in [0.1, 0.15) is 12.8 Å². The van der Waals surface area contributed by atoms with Crippen molar-refractivity contribution in [2.24, 2.45) is 5.92 Å². The van der Waals surface area contributed by atoms with Crippen LogP contribution in [0.3, 0.4) is 0 Å². The molecular formula is C10H16N4O2. The van der Waals surface area contributed by atoms with Crippen molar-refractivity contribution < 1.29 is 9.59 Å². The van der Waals surface area contributed by atoms with E-state index in [1.165, 1.54) is 7.05 Å². The average Bonchev–Trinajstić information content (AvgIpc) is 2.29. The molecule has 0 atom stereocenters. The quantitative estimate of drug-likeness (QED) is 0.673. The molecule has 3 amide bonds. The number of hydrogen-bond acceptors (Lipinski definition) is 4. The van der Waals surface area contributed by atoms with Gasteiger partial charge >= 0.3 is 6.03 Å². The van der Waals surface area contributed by atoms with Crippen LogP contribution in [0.15, 0.2) is 0 Å². The van der Waals surface area contributed by atoms with Gasteiger partial charge in [0.2, 0.25) is 5.91 Å². The molecule has 1 fully saturated rings. The summed E-state index contributed by atoms with van der Waals surface area (Å²) < 4.78 is 0. The minimum absolute atomic E-state index is 0.109. The molecule has 0 bridgehead atoms. The van der Waals surface area contributed by atoms with E-state index in [2.05, 4.69) is 16.7 Å². The summed E-state index contributed by atoms with van der Waals surface area (Å²) in [5.74, 6) is -0.201. The van der Waals surface area contributed by atoms with Gasteiger partial charge in [-0.15, -0.1) is 0 Å². The predicted octanol–water partition coefficient (Wildman–Crippen LogP) is -0.322. The Morgan fingerprint density at radius 2 is 2.06 bits per heavy atom. The molecule has 6 heteroatoms. The smallest absolute Gasteiger partial charge is 0.321 e. The predicted molar refractivity (Wildman–Crippen MR) is 57.4 cm³/mol. The van der Waals surface area contributed by atoms with Gasteiger partial charge in [0.15, 0.2) is 0 Å². The maximum absolute atomic E-state index is 11.4. The van der Waals surface area contributed by atoms with E-state index in [9.17, 15) is 9.59 Å². The van der Waals surface area contributed by atoms with Gasteiger partial charge in [0.05, 0.1) is 12.6 Å². The van der Waals surface area contributed by atoms with E-state index in [0.717, 1.165) is 25.9 Å². The minimum Gasteiger partial charge on any atom is -0.341 e. The van der Waals surface area contributed by atoms with Gasteiger partial charge in [-0.2, -0.15) is 5.26 Å². The summed E-state index contributed by atoms with van der Waals surface area (Å²) in [5, 5.41) is 13.2. The Morgan fingerprint density at radius 3 is 2.56 bits per heavy atom. The molecule has 0 aromatic rings. The lowest BCUT2D eigenvalue weighted by molar-refractivity contribution is -0.121. The Morgan fingerprint density at radius 1 is 1.44 bits per heavy atom. The third-order valence-corrected chi connectivity index (χ3v) is 2.62. The van der Waals surface area contributed by atoms with Crippen molar-refractivity contribution in [2.45, 2.75) is 12.8 Å². The number of likely N-dealkylation sites (tertiary alicyclic amines) is 1. The van der Waals surface area contributed by atoms with Crippen LogP contribution < -0.4 is 10.6 Å². The molecule has 0 aromatic heterocycles. The SMILES string of the molecule is CNC(=O)NC(=O)CN1CCC(C#N)CC1. The molecule has 0 aromatic carbocycles. The van der Waals surface area contributed by atoms with Crippen molar-refractivity contribution in [3.05, 3.63) is 0 Å². The largest absolute Gasteiger partial charge is 0.341 e. The second-order valence-electron chi connectivity index (χ2n) is 3.81. The summed E-state index contributed by atoms with van der Waals surface area (Å²) in [6.45, 7) is 1.68. The summed E-state index contributed by atoms with van der Waals surface area (Å²) in [6.07, 6.45) is 1.59. The van der Waals surface area contributed by atoms with Crippen LogP contribution in [0, 0.1) is 17.2 Å². The first-order valence-electron chi connectivity index (χ1n) is 5.29. The molecule has 1 heterocycles. The summed E-state index contributed by atoms with van der Waals surface area (Å²) in [4.78, 5) is 24.2. The molecule has 1 rings (SSSR count). The van der Waals surface area contributed by atoms with Crippen molar-refractivity contribution in [1.29, 1.82) is 5.26 Å². The normalized spacial score (nSPS) is 17.5. The Balaban J connectivity index is 2.26. The molecule has 0 spiro atoms. The monoisotopic (exact) mass is 224 g/mol. The van der Waals surface area contributed by atoms with Crippen molar-refractivity contribution in [3.63, 3.8) is 0 Å². The van der Waals surface area contributed by atoms with Crippen LogP contribution in [0.25, 0.3) is 0 Å². The summed E-state index contributed by atoms with van der Waals surface area (Å²) in [5.41, 5.74) is 0. The van der Waals surface area contributed by atoms with Gasteiger partial charge in [0, 0.05) is 13.0 Å². The highest BCUT2D eigenvalue weighted by atomic mass is 16.2. The maximum Gasteiger partial charge on any atom is 0.321 e. The summed E-state index contributed by atoms with van der Waals surface area (Å²) in [6, 6.07) is 1.74. The minimum atomic E-state index is -0.489. The van der Waals surface area contributed by atoms with Gasteiger partial charge in [-0.1, -0.05) is 0 Å². The molecule has 1 aliphatic heterocycles. The van der Waals surface area contributed by atoms with E-state index in [1.807, 2.05) is 4.90 Å². The first-order chi connectivity index (χ1) is 7.65. The molecule has 1 aliphatic rings. The Labute approximate surface area is 94.6 Å². The lowest BCUT2D eigenvalue weighted by Gasteiger charge is -2.28. The van der Waals surface area contributed by atoms with E-state index in [1.54, 1.807) is 0 Å². The number of urea groups is 1. The molecule has 1 saturated heterocycles. The lowest BCUT2D eigenvalue weighted by Crippen LogP contribution is -2.45. The first kappa shape index (κ1) is 12.5. The fourth-order valence-corrected chi connectivity index (χ4v) is 1.65. The van der Waals surface area contributed by atoms with Crippen LogP contribution in [-0.4, -0.2) is 43.5 Å². The Bertz CT molecular complexity index is 302. The zero-order valence-corrected chi connectivity index (χ0v) is 9.32.